The quantitative estimate of drug-likeness (QED) is 0.545. The van der Waals surface area contributed by atoms with E-state index in [0.717, 1.165) is 6.07 Å². The normalized spacial score (nSPS) is 13.2. The van der Waals surface area contributed by atoms with Gasteiger partial charge < -0.3 is 20.1 Å². The number of aromatic amines is 1. The fourth-order valence-corrected chi connectivity index (χ4v) is 2.73. The number of hydrogen-bond donors (Lipinski definition) is 3. The van der Waals surface area contributed by atoms with Crippen LogP contribution in [0.3, 0.4) is 0 Å². The van der Waals surface area contributed by atoms with Gasteiger partial charge in [-0.3, -0.25) is 4.79 Å². The molecule has 0 spiro atoms. The lowest BCUT2D eigenvalue weighted by Gasteiger charge is -2.14. The summed E-state index contributed by atoms with van der Waals surface area (Å²) in [6.07, 6.45) is -2.15. The number of aliphatic hydroxyl groups excluding tert-OH is 1. The Balaban J connectivity index is 2.12. The number of aromatic nitrogens is 1. The lowest BCUT2D eigenvalue weighted by molar-refractivity contribution is -0.123. The van der Waals surface area contributed by atoms with Gasteiger partial charge in [0.2, 0.25) is 0 Å². The van der Waals surface area contributed by atoms with E-state index in [-0.39, 0.29) is 5.69 Å². The molecule has 0 fully saturated rings. The maximum atomic E-state index is 13.6. The van der Waals surface area contributed by atoms with E-state index in [0.29, 0.717) is 22.9 Å². The average Bonchev–Trinajstić information content (AvgIpc) is 2.89. The third-order valence-electron chi connectivity index (χ3n) is 4.06. The Bertz CT molecular complexity index is 893. The number of H-pyrrole nitrogens is 1. The Morgan fingerprint density at radius 2 is 1.78 bits per heavy atom. The number of anilines is 1. The van der Waals surface area contributed by atoms with Crippen molar-refractivity contribution in [3.05, 3.63) is 52.1 Å². The van der Waals surface area contributed by atoms with Crippen LogP contribution in [0.5, 0.6) is 0 Å². The molecule has 1 aromatic heterocycles. The van der Waals surface area contributed by atoms with Crippen LogP contribution in [0.1, 0.15) is 47.3 Å². The maximum Gasteiger partial charge on any atom is 0.355 e. The lowest BCUT2D eigenvalue weighted by Crippen LogP contribution is -2.30. The zero-order chi connectivity index (χ0) is 20.5. The van der Waals surface area contributed by atoms with E-state index in [1.807, 2.05) is 5.32 Å². The van der Waals surface area contributed by atoms with E-state index in [4.69, 9.17) is 4.74 Å². The Hall–Kier alpha value is -2.81. The van der Waals surface area contributed by atoms with Crippen LogP contribution in [-0.2, 0) is 9.53 Å². The van der Waals surface area contributed by atoms with Crippen LogP contribution in [-0.4, -0.2) is 28.1 Å². The first-order chi connectivity index (χ1) is 12.5. The van der Waals surface area contributed by atoms with Gasteiger partial charge in [-0.05, 0) is 45.4 Å². The van der Waals surface area contributed by atoms with Crippen LogP contribution in [0.4, 0.5) is 18.9 Å². The highest BCUT2D eigenvalue weighted by Crippen LogP contribution is 2.25. The maximum absolute atomic E-state index is 13.6. The molecule has 0 bridgehead atoms. The Labute approximate surface area is 153 Å². The van der Waals surface area contributed by atoms with Gasteiger partial charge in [0.25, 0.3) is 5.91 Å². The number of rotatable bonds is 5. The number of aryl methyl sites for hydroxylation is 1. The van der Waals surface area contributed by atoms with Crippen molar-refractivity contribution in [2.24, 2.45) is 0 Å². The number of aliphatic hydroxyl groups is 1. The molecule has 0 saturated carbocycles. The molecule has 9 heteroatoms. The summed E-state index contributed by atoms with van der Waals surface area (Å²) in [7, 11) is 0. The minimum Gasteiger partial charge on any atom is -0.448 e. The highest BCUT2D eigenvalue weighted by Gasteiger charge is 2.25. The number of carbonyl (C=O) groups is 2. The van der Waals surface area contributed by atoms with Gasteiger partial charge >= 0.3 is 5.97 Å². The van der Waals surface area contributed by atoms with Crippen LogP contribution >= 0.6 is 0 Å². The van der Waals surface area contributed by atoms with Crippen LogP contribution in [0.15, 0.2) is 12.1 Å². The SMILES string of the molecule is Cc1[nH]c(C(=O)O[C@H](C)C(=O)Nc2ccc(F)c(F)c2F)c(C)c1[C@H](C)O. The minimum atomic E-state index is -1.72. The number of benzene rings is 1. The van der Waals surface area contributed by atoms with Gasteiger partial charge in [0, 0.05) is 11.3 Å². The molecule has 0 unspecified atom stereocenters. The van der Waals surface area contributed by atoms with Gasteiger partial charge in [0.1, 0.15) is 5.69 Å². The summed E-state index contributed by atoms with van der Waals surface area (Å²) < 4.78 is 44.8. The van der Waals surface area contributed by atoms with Crippen LogP contribution in [0, 0.1) is 31.3 Å². The van der Waals surface area contributed by atoms with Gasteiger partial charge in [-0.2, -0.15) is 0 Å². The molecule has 1 heterocycles. The lowest BCUT2D eigenvalue weighted by atomic mass is 10.1. The van der Waals surface area contributed by atoms with Crippen molar-refractivity contribution in [2.75, 3.05) is 5.32 Å². The third kappa shape index (κ3) is 4.13. The van der Waals surface area contributed by atoms with Crippen LogP contribution in [0.25, 0.3) is 0 Å². The molecule has 2 rings (SSSR count). The van der Waals surface area contributed by atoms with E-state index in [2.05, 4.69) is 4.98 Å². The monoisotopic (exact) mass is 384 g/mol. The molecule has 1 amide bonds. The number of hydrogen-bond acceptors (Lipinski definition) is 4. The molecule has 2 aromatic rings. The smallest absolute Gasteiger partial charge is 0.355 e. The Morgan fingerprint density at radius 3 is 2.33 bits per heavy atom. The van der Waals surface area contributed by atoms with Crippen LogP contribution in [0.2, 0.25) is 0 Å². The third-order valence-corrected chi connectivity index (χ3v) is 4.06. The fourth-order valence-electron chi connectivity index (χ4n) is 2.73. The second kappa shape index (κ2) is 7.83. The molecule has 3 N–H and O–H groups in total. The van der Waals surface area contributed by atoms with E-state index >= 15 is 0 Å². The summed E-state index contributed by atoms with van der Waals surface area (Å²) in [5.74, 6) is -6.45. The number of halogens is 3. The van der Waals surface area contributed by atoms with E-state index in [9.17, 15) is 27.9 Å². The van der Waals surface area contributed by atoms with Gasteiger partial charge in [-0.1, -0.05) is 0 Å². The first-order valence-electron chi connectivity index (χ1n) is 8.07. The molecule has 27 heavy (non-hydrogen) atoms. The molecule has 6 nitrogen and oxygen atoms in total. The van der Waals surface area contributed by atoms with Gasteiger partial charge in [0.15, 0.2) is 23.6 Å². The number of carbonyl (C=O) groups excluding carboxylic acids is 2. The predicted molar refractivity (Wildman–Crippen MR) is 90.7 cm³/mol. The summed E-state index contributed by atoms with van der Waals surface area (Å²) in [6.45, 7) is 6.08. The highest BCUT2D eigenvalue weighted by molar-refractivity contribution is 5.97. The predicted octanol–water partition coefficient (Wildman–Crippen LogP) is 3.29. The standard InChI is InChI=1S/C18H19F3N2O4/c1-7-13(9(3)24)8(2)22-16(7)18(26)27-10(4)17(25)23-12-6-5-11(19)14(20)15(12)21/h5-6,9-10,22,24H,1-4H3,(H,23,25)/t9-,10+/m0/s1. The Kier molecular flexibility index (Phi) is 5.94. The molecule has 0 radical (unpaired) electrons. The average molecular weight is 384 g/mol. The summed E-state index contributed by atoms with van der Waals surface area (Å²) in [5.41, 5.74) is 1.09. The zero-order valence-electron chi connectivity index (χ0n) is 15.1. The van der Waals surface area contributed by atoms with Gasteiger partial charge in [-0.25, -0.2) is 18.0 Å². The minimum absolute atomic E-state index is 0.0713. The number of ether oxygens (including phenoxy) is 1. The van der Waals surface area contributed by atoms with Crippen molar-refractivity contribution in [2.45, 2.75) is 39.9 Å². The van der Waals surface area contributed by atoms with E-state index in [1.54, 1.807) is 20.8 Å². The number of esters is 1. The molecular weight excluding hydrogens is 365 g/mol. The van der Waals surface area contributed by atoms with Crippen molar-refractivity contribution in [3.8, 4) is 0 Å². The molecule has 0 aliphatic carbocycles. The second-order valence-corrected chi connectivity index (χ2v) is 6.10. The van der Waals surface area contributed by atoms with Crippen molar-refractivity contribution in [1.29, 1.82) is 0 Å². The number of amides is 1. The Morgan fingerprint density at radius 1 is 1.15 bits per heavy atom. The molecule has 1 aromatic carbocycles. The first-order valence-corrected chi connectivity index (χ1v) is 8.07. The largest absolute Gasteiger partial charge is 0.448 e. The zero-order valence-corrected chi connectivity index (χ0v) is 15.1. The topological polar surface area (TPSA) is 91.4 Å². The molecular formula is C18H19F3N2O4. The van der Waals surface area contributed by atoms with Gasteiger partial charge in [0.05, 0.1) is 11.8 Å². The van der Waals surface area contributed by atoms with Crippen molar-refractivity contribution in [3.63, 3.8) is 0 Å². The molecule has 146 valence electrons. The van der Waals surface area contributed by atoms with Crippen molar-refractivity contribution in [1.82, 2.24) is 4.98 Å². The molecule has 0 aliphatic rings. The van der Waals surface area contributed by atoms with Crippen molar-refractivity contribution >= 4 is 17.6 Å². The number of nitrogens with one attached hydrogen (secondary N) is 2. The van der Waals surface area contributed by atoms with Crippen molar-refractivity contribution < 1.29 is 32.6 Å². The van der Waals surface area contributed by atoms with Crippen LogP contribution < -0.4 is 5.32 Å². The summed E-state index contributed by atoms with van der Waals surface area (Å²) in [4.78, 5) is 27.2. The molecule has 0 aliphatic heterocycles. The molecule has 2 atom stereocenters. The summed E-state index contributed by atoms with van der Waals surface area (Å²) in [6, 6.07) is 1.51. The van der Waals surface area contributed by atoms with E-state index in [1.165, 1.54) is 6.92 Å². The summed E-state index contributed by atoms with van der Waals surface area (Å²) >= 11 is 0. The second-order valence-electron chi connectivity index (χ2n) is 6.10. The first kappa shape index (κ1) is 20.5. The van der Waals surface area contributed by atoms with E-state index < -0.39 is 47.2 Å². The summed E-state index contributed by atoms with van der Waals surface area (Å²) in [5, 5.41) is 11.8. The molecule has 0 saturated heterocycles. The fraction of sp³-hybridized carbons (Fsp3) is 0.333. The highest BCUT2D eigenvalue weighted by atomic mass is 19.2. The van der Waals surface area contributed by atoms with Gasteiger partial charge in [-0.15, -0.1) is 0 Å².